The minimum atomic E-state index is -0.455. The number of hydrogen-bond donors (Lipinski definition) is 1. The van der Waals surface area contributed by atoms with Crippen molar-refractivity contribution in [2.75, 3.05) is 17.7 Å². The Labute approximate surface area is 206 Å². The number of nitrogens with one attached hydrogen (secondary N) is 1. The highest BCUT2D eigenvalue weighted by molar-refractivity contribution is 7.99. The van der Waals surface area contributed by atoms with Crippen LogP contribution < -0.4 is 14.8 Å². The predicted molar refractivity (Wildman–Crippen MR) is 139 cm³/mol. The first-order valence-corrected chi connectivity index (χ1v) is 13.4. The number of anilines is 1. The van der Waals surface area contributed by atoms with Gasteiger partial charge in [-0.05, 0) is 31.0 Å². The standard InChI is InChI=1S/C27H34N4O2S/c1-3-5-7-12-18-32-23-17-11-9-15-21(23)25-28-22-16-10-8-14-20(22)24-26(33-25)29-27(31-30-24)34-19-13-6-4-2/h8-11,14-17,25,28H,3-7,12-13,18-19H2,1-2H3/t25-/m1/s1. The van der Waals surface area contributed by atoms with Crippen molar-refractivity contribution in [1.29, 1.82) is 0 Å². The van der Waals surface area contributed by atoms with Gasteiger partial charge in [0.05, 0.1) is 12.2 Å². The fourth-order valence-electron chi connectivity index (χ4n) is 3.90. The number of fused-ring (bicyclic) bond motifs is 3. The van der Waals surface area contributed by atoms with E-state index in [0.717, 1.165) is 41.2 Å². The molecule has 0 unspecified atom stereocenters. The van der Waals surface area contributed by atoms with E-state index in [1.165, 1.54) is 32.1 Å². The summed E-state index contributed by atoms with van der Waals surface area (Å²) in [6.45, 7) is 5.12. The lowest BCUT2D eigenvalue weighted by Gasteiger charge is -2.22. The summed E-state index contributed by atoms with van der Waals surface area (Å²) < 4.78 is 12.6. The molecule has 0 bridgehead atoms. The van der Waals surface area contributed by atoms with E-state index < -0.39 is 6.23 Å². The van der Waals surface area contributed by atoms with Crippen molar-refractivity contribution in [3.05, 3.63) is 54.1 Å². The summed E-state index contributed by atoms with van der Waals surface area (Å²) in [6, 6.07) is 16.1. The zero-order chi connectivity index (χ0) is 23.6. The van der Waals surface area contributed by atoms with E-state index >= 15 is 0 Å². The molecule has 1 aliphatic heterocycles. The summed E-state index contributed by atoms with van der Waals surface area (Å²) in [7, 11) is 0. The molecule has 0 amide bonds. The molecule has 3 aromatic rings. The van der Waals surface area contributed by atoms with Crippen molar-refractivity contribution in [3.8, 4) is 22.9 Å². The molecule has 1 aromatic heterocycles. The van der Waals surface area contributed by atoms with E-state index in [1.54, 1.807) is 11.8 Å². The van der Waals surface area contributed by atoms with Gasteiger partial charge in [0.2, 0.25) is 17.3 Å². The average molecular weight is 479 g/mol. The second kappa shape index (κ2) is 12.6. The monoisotopic (exact) mass is 478 g/mol. The van der Waals surface area contributed by atoms with Gasteiger partial charge in [-0.25, -0.2) is 0 Å². The maximum Gasteiger partial charge on any atom is 0.247 e. The van der Waals surface area contributed by atoms with Crippen LogP contribution >= 0.6 is 11.8 Å². The van der Waals surface area contributed by atoms with Crippen LogP contribution in [-0.2, 0) is 0 Å². The van der Waals surface area contributed by atoms with Gasteiger partial charge in [-0.1, -0.05) is 88.0 Å². The van der Waals surface area contributed by atoms with E-state index in [0.29, 0.717) is 23.3 Å². The fourth-order valence-corrected chi connectivity index (χ4v) is 4.68. The van der Waals surface area contributed by atoms with E-state index in [1.807, 2.05) is 48.5 Å². The molecule has 180 valence electrons. The van der Waals surface area contributed by atoms with Crippen molar-refractivity contribution < 1.29 is 9.47 Å². The van der Waals surface area contributed by atoms with Gasteiger partial charge in [-0.15, -0.1) is 10.2 Å². The first-order valence-electron chi connectivity index (χ1n) is 12.4. The highest BCUT2D eigenvalue weighted by Gasteiger charge is 2.27. The molecule has 0 saturated carbocycles. The van der Waals surface area contributed by atoms with Crippen LogP contribution in [0.1, 0.15) is 70.6 Å². The number of aromatic nitrogens is 3. The molecule has 4 rings (SSSR count). The van der Waals surface area contributed by atoms with Crippen LogP contribution in [0.2, 0.25) is 0 Å². The van der Waals surface area contributed by atoms with Gasteiger partial charge in [0.25, 0.3) is 0 Å². The van der Waals surface area contributed by atoms with Gasteiger partial charge in [0.1, 0.15) is 5.75 Å². The third kappa shape index (κ3) is 6.20. The predicted octanol–water partition coefficient (Wildman–Crippen LogP) is 7.28. The van der Waals surface area contributed by atoms with Gasteiger partial charge < -0.3 is 14.8 Å². The van der Waals surface area contributed by atoms with Gasteiger partial charge in [0, 0.05) is 17.0 Å². The smallest absolute Gasteiger partial charge is 0.247 e. The molecular formula is C27H34N4O2S. The lowest BCUT2D eigenvalue weighted by Crippen LogP contribution is -2.18. The second-order valence-electron chi connectivity index (χ2n) is 8.44. The Kier molecular flexibility index (Phi) is 9.02. The normalized spacial score (nSPS) is 14.4. The second-order valence-corrected chi connectivity index (χ2v) is 9.50. The van der Waals surface area contributed by atoms with E-state index in [2.05, 4.69) is 29.4 Å². The van der Waals surface area contributed by atoms with Gasteiger partial charge >= 0.3 is 0 Å². The van der Waals surface area contributed by atoms with Crippen molar-refractivity contribution in [3.63, 3.8) is 0 Å². The van der Waals surface area contributed by atoms with Crippen LogP contribution in [0, 0.1) is 0 Å². The Balaban J connectivity index is 1.60. The molecule has 1 N–H and O–H groups in total. The number of thioether (sulfide) groups is 1. The van der Waals surface area contributed by atoms with Crippen molar-refractivity contribution in [2.45, 2.75) is 70.2 Å². The van der Waals surface area contributed by atoms with Crippen molar-refractivity contribution >= 4 is 17.4 Å². The molecule has 34 heavy (non-hydrogen) atoms. The summed E-state index contributed by atoms with van der Waals surface area (Å²) in [4.78, 5) is 4.76. The average Bonchev–Trinajstić information content (AvgIpc) is 3.03. The maximum atomic E-state index is 6.46. The lowest BCUT2D eigenvalue weighted by atomic mass is 10.1. The molecule has 2 heterocycles. The number of ether oxygens (including phenoxy) is 2. The summed E-state index contributed by atoms with van der Waals surface area (Å²) in [5.41, 5.74) is 3.46. The third-order valence-electron chi connectivity index (χ3n) is 5.77. The van der Waals surface area contributed by atoms with Crippen LogP contribution in [-0.4, -0.2) is 27.5 Å². The van der Waals surface area contributed by atoms with E-state index in [9.17, 15) is 0 Å². The number of benzene rings is 2. The molecule has 7 heteroatoms. The Morgan fingerprint density at radius 3 is 2.59 bits per heavy atom. The minimum Gasteiger partial charge on any atom is -0.493 e. The number of nitrogens with zero attached hydrogens (tertiary/aromatic N) is 3. The third-order valence-corrected chi connectivity index (χ3v) is 6.69. The molecule has 1 atom stereocenters. The Morgan fingerprint density at radius 1 is 0.912 bits per heavy atom. The van der Waals surface area contributed by atoms with E-state index in [-0.39, 0.29) is 0 Å². The topological polar surface area (TPSA) is 69.2 Å². The number of para-hydroxylation sites is 2. The number of unbranched alkanes of at least 4 members (excludes halogenated alkanes) is 5. The number of rotatable bonds is 12. The zero-order valence-corrected chi connectivity index (χ0v) is 20.9. The van der Waals surface area contributed by atoms with Crippen LogP contribution in [0.15, 0.2) is 53.7 Å². The van der Waals surface area contributed by atoms with Gasteiger partial charge in [-0.2, -0.15) is 4.98 Å². The van der Waals surface area contributed by atoms with Crippen LogP contribution in [0.4, 0.5) is 5.69 Å². The maximum absolute atomic E-state index is 6.46. The largest absolute Gasteiger partial charge is 0.493 e. The Morgan fingerprint density at radius 2 is 1.71 bits per heavy atom. The summed E-state index contributed by atoms with van der Waals surface area (Å²) in [5, 5.41) is 13.1. The minimum absolute atomic E-state index is 0.455. The quantitative estimate of drug-likeness (QED) is 0.217. The summed E-state index contributed by atoms with van der Waals surface area (Å²) in [6.07, 6.45) is 7.75. The fraction of sp³-hybridized carbons (Fsp3) is 0.444. The summed E-state index contributed by atoms with van der Waals surface area (Å²) in [5.74, 6) is 2.29. The zero-order valence-electron chi connectivity index (χ0n) is 20.1. The highest BCUT2D eigenvalue weighted by atomic mass is 32.2. The SMILES string of the molecule is CCCCCCOc1ccccc1[C@@H]1Nc2ccccc2-c2nnc(SCCCCC)nc2O1. The molecule has 6 nitrogen and oxygen atoms in total. The van der Waals surface area contributed by atoms with Crippen LogP contribution in [0.3, 0.4) is 0 Å². The van der Waals surface area contributed by atoms with Gasteiger partial charge in [-0.3, -0.25) is 0 Å². The summed E-state index contributed by atoms with van der Waals surface area (Å²) >= 11 is 1.63. The van der Waals surface area contributed by atoms with Crippen molar-refractivity contribution in [2.24, 2.45) is 0 Å². The first kappa shape index (κ1) is 24.3. The van der Waals surface area contributed by atoms with Crippen LogP contribution in [0.5, 0.6) is 11.6 Å². The lowest BCUT2D eigenvalue weighted by molar-refractivity contribution is 0.215. The Hall–Kier alpha value is -2.80. The first-order chi connectivity index (χ1) is 16.8. The van der Waals surface area contributed by atoms with Crippen molar-refractivity contribution in [1.82, 2.24) is 15.2 Å². The highest BCUT2D eigenvalue weighted by Crippen LogP contribution is 2.41. The van der Waals surface area contributed by atoms with Gasteiger partial charge in [0.15, 0.2) is 5.69 Å². The molecule has 0 aliphatic carbocycles. The van der Waals surface area contributed by atoms with E-state index in [4.69, 9.17) is 14.5 Å². The molecule has 0 fully saturated rings. The molecule has 0 saturated heterocycles. The Bertz CT molecular complexity index is 1060. The molecule has 1 aliphatic rings. The number of hydrogen-bond acceptors (Lipinski definition) is 7. The van der Waals surface area contributed by atoms with Crippen LogP contribution in [0.25, 0.3) is 11.3 Å². The molecule has 2 aromatic carbocycles. The molecule has 0 radical (unpaired) electrons. The molecule has 0 spiro atoms. The molecular weight excluding hydrogens is 444 g/mol.